The number of carbonyl (C=O) groups is 1. The summed E-state index contributed by atoms with van der Waals surface area (Å²) in [5.74, 6) is 0.264. The van der Waals surface area contributed by atoms with E-state index in [1.807, 2.05) is 0 Å². The van der Waals surface area contributed by atoms with Crippen molar-refractivity contribution in [1.82, 2.24) is 9.78 Å². The molecule has 1 heterocycles. The van der Waals surface area contributed by atoms with E-state index in [1.165, 1.54) is 4.68 Å². The van der Waals surface area contributed by atoms with Gasteiger partial charge in [0.15, 0.2) is 0 Å². The molecular weight excluding hydrogens is 230 g/mol. The first kappa shape index (κ1) is 12.7. The van der Waals surface area contributed by atoms with Crippen LogP contribution in [-0.4, -0.2) is 33.9 Å². The molecule has 0 aliphatic heterocycles. The number of aromatic nitrogens is 2. The Labute approximate surface area is 96.7 Å². The molecule has 3 N–H and O–H groups in total. The van der Waals surface area contributed by atoms with Crippen LogP contribution in [0.25, 0.3) is 0 Å². The van der Waals surface area contributed by atoms with E-state index >= 15 is 0 Å². The van der Waals surface area contributed by atoms with E-state index < -0.39 is 11.0 Å². The molecule has 0 radical (unpaired) electrons. The smallest absolute Gasteiger partial charge is 0.404 e. The molecule has 1 amide bonds. The van der Waals surface area contributed by atoms with Crippen LogP contribution in [0.2, 0.25) is 0 Å². The minimum atomic E-state index is -0.887. The van der Waals surface area contributed by atoms with Crippen molar-refractivity contribution in [2.24, 2.45) is 12.8 Å². The number of carbonyl (C=O) groups excluding carboxylic acids is 1. The third-order valence-electron chi connectivity index (χ3n) is 2.01. The summed E-state index contributed by atoms with van der Waals surface area (Å²) in [7, 11) is 1.58. The van der Waals surface area contributed by atoms with Gasteiger partial charge in [-0.3, -0.25) is 10.1 Å². The minimum absolute atomic E-state index is 0.0245. The van der Waals surface area contributed by atoms with Crippen LogP contribution >= 0.6 is 0 Å². The average Bonchev–Trinajstić information content (AvgIpc) is 2.48. The molecule has 0 spiro atoms. The van der Waals surface area contributed by atoms with Gasteiger partial charge in [0, 0.05) is 7.05 Å². The lowest BCUT2D eigenvalue weighted by molar-refractivity contribution is -0.384. The standard InChI is InChI=1S/C8H13N5O4/c1-5-6(13(15)16)7(12(2)11-5)10-3-4-17-8(9)14/h10H,3-4H2,1-2H3,(H2,9,14). The van der Waals surface area contributed by atoms with Gasteiger partial charge in [0.05, 0.1) is 11.5 Å². The van der Waals surface area contributed by atoms with E-state index in [0.717, 1.165) is 0 Å². The molecule has 0 saturated carbocycles. The van der Waals surface area contributed by atoms with Crippen molar-refractivity contribution >= 4 is 17.6 Å². The van der Waals surface area contributed by atoms with Crippen LogP contribution in [0, 0.1) is 17.0 Å². The number of nitrogens with two attached hydrogens (primary N) is 1. The molecule has 0 aliphatic carbocycles. The fraction of sp³-hybridized carbons (Fsp3) is 0.500. The van der Waals surface area contributed by atoms with Crippen molar-refractivity contribution in [2.75, 3.05) is 18.5 Å². The second kappa shape index (κ2) is 5.14. The molecule has 9 nitrogen and oxygen atoms in total. The highest BCUT2D eigenvalue weighted by Crippen LogP contribution is 2.26. The maximum absolute atomic E-state index is 10.8. The molecule has 94 valence electrons. The highest BCUT2D eigenvalue weighted by atomic mass is 16.6. The molecular formula is C8H13N5O4. The fourth-order valence-corrected chi connectivity index (χ4v) is 1.38. The Bertz CT molecular complexity index is 441. The van der Waals surface area contributed by atoms with E-state index in [9.17, 15) is 14.9 Å². The minimum Gasteiger partial charge on any atom is -0.448 e. The summed E-state index contributed by atoms with van der Waals surface area (Å²) in [6, 6.07) is 0. The summed E-state index contributed by atoms with van der Waals surface area (Å²) in [4.78, 5) is 20.6. The van der Waals surface area contributed by atoms with Crippen LogP contribution in [0.4, 0.5) is 16.3 Å². The SMILES string of the molecule is Cc1nn(C)c(NCCOC(N)=O)c1[N+](=O)[O-]. The fourth-order valence-electron chi connectivity index (χ4n) is 1.38. The van der Waals surface area contributed by atoms with Crippen LogP contribution in [0.3, 0.4) is 0 Å². The summed E-state index contributed by atoms with van der Waals surface area (Å²) in [6.45, 7) is 1.78. The molecule has 1 rings (SSSR count). The van der Waals surface area contributed by atoms with E-state index in [-0.39, 0.29) is 24.7 Å². The largest absolute Gasteiger partial charge is 0.448 e. The number of hydrogen-bond donors (Lipinski definition) is 2. The molecule has 17 heavy (non-hydrogen) atoms. The number of ether oxygens (including phenoxy) is 1. The van der Waals surface area contributed by atoms with Gasteiger partial charge in [0.25, 0.3) is 0 Å². The van der Waals surface area contributed by atoms with Crippen LogP contribution in [0.5, 0.6) is 0 Å². The zero-order valence-electron chi connectivity index (χ0n) is 9.47. The van der Waals surface area contributed by atoms with Gasteiger partial charge in [0.2, 0.25) is 5.82 Å². The van der Waals surface area contributed by atoms with Gasteiger partial charge in [-0.15, -0.1) is 0 Å². The summed E-state index contributed by atoms with van der Waals surface area (Å²) >= 11 is 0. The maximum atomic E-state index is 10.8. The molecule has 0 aliphatic rings. The molecule has 1 aromatic heterocycles. The number of aryl methyl sites for hydroxylation is 2. The number of nitro groups is 1. The van der Waals surface area contributed by atoms with Gasteiger partial charge >= 0.3 is 11.8 Å². The van der Waals surface area contributed by atoms with Gasteiger partial charge in [-0.1, -0.05) is 0 Å². The summed E-state index contributed by atoms with van der Waals surface area (Å²) < 4.78 is 5.85. The van der Waals surface area contributed by atoms with Crippen molar-refractivity contribution in [3.05, 3.63) is 15.8 Å². The normalized spacial score (nSPS) is 10.0. The third kappa shape index (κ3) is 3.06. The Morgan fingerprint density at radius 1 is 1.71 bits per heavy atom. The first-order valence-corrected chi connectivity index (χ1v) is 4.77. The van der Waals surface area contributed by atoms with Gasteiger partial charge < -0.3 is 15.8 Å². The van der Waals surface area contributed by atoms with Crippen LogP contribution in [0.15, 0.2) is 0 Å². The maximum Gasteiger partial charge on any atom is 0.404 e. The van der Waals surface area contributed by atoms with Crippen molar-refractivity contribution in [3.63, 3.8) is 0 Å². The number of primary amides is 1. The Kier molecular flexibility index (Phi) is 3.86. The van der Waals surface area contributed by atoms with E-state index in [4.69, 9.17) is 5.73 Å². The predicted molar refractivity (Wildman–Crippen MR) is 58.6 cm³/mol. The predicted octanol–water partition coefficient (Wildman–Crippen LogP) is 0.144. The number of amides is 1. The summed E-state index contributed by atoms with van der Waals surface area (Å²) in [5.41, 5.74) is 4.99. The summed E-state index contributed by atoms with van der Waals surface area (Å²) in [6.07, 6.45) is -0.887. The number of rotatable bonds is 5. The highest BCUT2D eigenvalue weighted by Gasteiger charge is 2.23. The lowest BCUT2D eigenvalue weighted by Crippen LogP contribution is -2.19. The van der Waals surface area contributed by atoms with Crippen LogP contribution in [-0.2, 0) is 11.8 Å². The number of hydrogen-bond acceptors (Lipinski definition) is 6. The number of nitrogens with zero attached hydrogens (tertiary/aromatic N) is 3. The lowest BCUT2D eigenvalue weighted by atomic mass is 10.4. The Morgan fingerprint density at radius 3 is 2.88 bits per heavy atom. The topological polar surface area (TPSA) is 125 Å². The second-order valence-corrected chi connectivity index (χ2v) is 3.26. The lowest BCUT2D eigenvalue weighted by Gasteiger charge is -2.05. The van der Waals surface area contributed by atoms with Gasteiger partial charge in [-0.25, -0.2) is 9.48 Å². The molecule has 0 bridgehead atoms. The van der Waals surface area contributed by atoms with Crippen LogP contribution in [0.1, 0.15) is 5.69 Å². The van der Waals surface area contributed by atoms with Crippen molar-refractivity contribution in [2.45, 2.75) is 6.92 Å². The average molecular weight is 243 g/mol. The van der Waals surface area contributed by atoms with Gasteiger partial charge in [0.1, 0.15) is 12.3 Å². The quantitative estimate of drug-likeness (QED) is 0.430. The van der Waals surface area contributed by atoms with E-state index in [0.29, 0.717) is 5.69 Å². The molecule has 0 aromatic carbocycles. The third-order valence-corrected chi connectivity index (χ3v) is 2.01. The Balaban J connectivity index is 2.70. The molecule has 0 unspecified atom stereocenters. The monoisotopic (exact) mass is 243 g/mol. The first-order chi connectivity index (χ1) is 7.93. The Morgan fingerprint density at radius 2 is 2.35 bits per heavy atom. The Hall–Kier alpha value is -2.32. The van der Waals surface area contributed by atoms with Crippen molar-refractivity contribution in [1.29, 1.82) is 0 Å². The molecule has 9 heteroatoms. The van der Waals surface area contributed by atoms with E-state index in [2.05, 4.69) is 15.2 Å². The summed E-state index contributed by atoms with van der Waals surface area (Å²) in [5, 5.41) is 17.5. The van der Waals surface area contributed by atoms with E-state index in [1.54, 1.807) is 14.0 Å². The molecule has 1 aromatic rings. The number of nitrogens with one attached hydrogen (secondary N) is 1. The second-order valence-electron chi connectivity index (χ2n) is 3.26. The van der Waals surface area contributed by atoms with Gasteiger partial charge in [-0.2, -0.15) is 5.10 Å². The first-order valence-electron chi connectivity index (χ1n) is 4.77. The molecule has 0 fully saturated rings. The van der Waals surface area contributed by atoms with Gasteiger partial charge in [-0.05, 0) is 6.92 Å². The molecule has 0 saturated heterocycles. The van der Waals surface area contributed by atoms with Crippen molar-refractivity contribution in [3.8, 4) is 0 Å². The molecule has 0 atom stereocenters. The zero-order chi connectivity index (χ0) is 13.0. The van der Waals surface area contributed by atoms with Crippen LogP contribution < -0.4 is 11.1 Å². The number of anilines is 1. The zero-order valence-corrected chi connectivity index (χ0v) is 9.47. The van der Waals surface area contributed by atoms with Crippen molar-refractivity contribution < 1.29 is 14.5 Å². The highest BCUT2D eigenvalue weighted by molar-refractivity contribution is 5.64.